The van der Waals surface area contributed by atoms with Gasteiger partial charge in [0.2, 0.25) is 0 Å². The van der Waals surface area contributed by atoms with Crippen LogP contribution < -0.4 is 5.56 Å². The standard InChI is InChI=1S/C19H30N6O/c1-18(2,3)11-24-7-4-5-19(13-24)6-8-23(12-19)10-15-9-16(26)25-17(22-15)20-14-21-25/h9,14H,4-8,10-13H2,1-3H3,(H,20,21,22). The van der Waals surface area contributed by atoms with Gasteiger partial charge in [0.05, 0.1) is 5.69 Å². The number of piperidine rings is 1. The first-order chi connectivity index (χ1) is 12.3. The lowest BCUT2D eigenvalue weighted by atomic mass is 9.78. The van der Waals surface area contributed by atoms with Crippen LogP contribution in [0.5, 0.6) is 0 Å². The Morgan fingerprint density at radius 3 is 2.81 bits per heavy atom. The molecule has 0 saturated carbocycles. The quantitative estimate of drug-likeness (QED) is 0.905. The molecule has 0 amide bonds. The molecule has 0 bridgehead atoms. The Hall–Kier alpha value is -1.73. The Labute approximate surface area is 154 Å². The van der Waals surface area contributed by atoms with Crippen LogP contribution in [0, 0.1) is 10.8 Å². The van der Waals surface area contributed by atoms with E-state index in [1.807, 2.05) is 0 Å². The highest BCUT2D eigenvalue weighted by Gasteiger charge is 2.41. The van der Waals surface area contributed by atoms with Gasteiger partial charge in [-0.2, -0.15) is 4.52 Å². The second kappa shape index (κ2) is 6.46. The van der Waals surface area contributed by atoms with Crippen molar-refractivity contribution in [3.05, 3.63) is 28.4 Å². The summed E-state index contributed by atoms with van der Waals surface area (Å²) in [5, 5.41) is 2.79. The summed E-state index contributed by atoms with van der Waals surface area (Å²) in [4.78, 5) is 25.9. The first kappa shape index (κ1) is 17.7. The van der Waals surface area contributed by atoms with Gasteiger partial charge in [0.1, 0.15) is 6.33 Å². The molecule has 142 valence electrons. The van der Waals surface area contributed by atoms with Crippen molar-refractivity contribution in [1.82, 2.24) is 29.4 Å². The lowest BCUT2D eigenvalue weighted by Gasteiger charge is -2.42. The Bertz CT molecular complexity index is 834. The van der Waals surface area contributed by atoms with E-state index in [9.17, 15) is 4.79 Å². The normalized spacial score (nSPS) is 25.5. The van der Waals surface area contributed by atoms with Crippen LogP contribution in [0.3, 0.4) is 0 Å². The maximum atomic E-state index is 12.1. The molecule has 7 nitrogen and oxygen atoms in total. The largest absolute Gasteiger partial charge is 0.302 e. The van der Waals surface area contributed by atoms with E-state index in [1.165, 1.54) is 49.7 Å². The van der Waals surface area contributed by atoms with Crippen LogP contribution in [0.25, 0.3) is 5.78 Å². The highest BCUT2D eigenvalue weighted by molar-refractivity contribution is 5.26. The maximum absolute atomic E-state index is 12.1. The van der Waals surface area contributed by atoms with E-state index in [0.717, 1.165) is 25.3 Å². The Morgan fingerprint density at radius 1 is 1.19 bits per heavy atom. The van der Waals surface area contributed by atoms with E-state index in [0.29, 0.717) is 16.6 Å². The number of fused-ring (bicyclic) bond motifs is 1. The number of hydrogen-bond donors (Lipinski definition) is 1. The molecule has 0 aromatic carbocycles. The van der Waals surface area contributed by atoms with Gasteiger partial charge in [-0.1, -0.05) is 20.8 Å². The molecule has 1 atom stereocenters. The summed E-state index contributed by atoms with van der Waals surface area (Å²) in [5.74, 6) is 0.454. The van der Waals surface area contributed by atoms with Crippen molar-refractivity contribution in [1.29, 1.82) is 0 Å². The van der Waals surface area contributed by atoms with E-state index in [4.69, 9.17) is 0 Å². The average molecular weight is 358 g/mol. The third-order valence-corrected chi connectivity index (χ3v) is 5.66. The molecule has 0 aliphatic carbocycles. The van der Waals surface area contributed by atoms with Crippen LogP contribution >= 0.6 is 0 Å². The molecule has 1 unspecified atom stereocenters. The molecule has 0 radical (unpaired) electrons. The fourth-order valence-electron chi connectivity index (χ4n) is 4.79. The predicted molar refractivity (Wildman–Crippen MR) is 101 cm³/mol. The molecule has 2 aromatic rings. The molecule has 2 aliphatic heterocycles. The maximum Gasteiger partial charge on any atom is 0.274 e. The van der Waals surface area contributed by atoms with Gasteiger partial charge in [0.15, 0.2) is 0 Å². The Kier molecular flexibility index (Phi) is 4.39. The van der Waals surface area contributed by atoms with Gasteiger partial charge in [-0.25, -0.2) is 9.97 Å². The van der Waals surface area contributed by atoms with Gasteiger partial charge in [-0.3, -0.25) is 14.8 Å². The lowest BCUT2D eigenvalue weighted by molar-refractivity contribution is 0.0672. The number of nitrogens with zero attached hydrogens (tertiary/aromatic N) is 5. The van der Waals surface area contributed by atoms with E-state index in [-0.39, 0.29) is 5.56 Å². The monoisotopic (exact) mass is 358 g/mol. The summed E-state index contributed by atoms with van der Waals surface area (Å²) in [6.07, 6.45) is 5.36. The first-order valence-electron chi connectivity index (χ1n) is 9.69. The molecule has 2 fully saturated rings. The minimum atomic E-state index is -0.0922. The number of aromatic amines is 1. The zero-order chi connectivity index (χ0) is 18.4. The predicted octanol–water partition coefficient (Wildman–Crippen LogP) is 1.75. The van der Waals surface area contributed by atoms with E-state index >= 15 is 0 Å². The Morgan fingerprint density at radius 2 is 2.00 bits per heavy atom. The second-order valence-corrected chi connectivity index (χ2v) is 9.44. The number of rotatable bonds is 3. The van der Waals surface area contributed by atoms with Gasteiger partial charge in [-0.05, 0) is 43.2 Å². The number of likely N-dealkylation sites (tertiary alicyclic amines) is 2. The van der Waals surface area contributed by atoms with Crippen molar-refractivity contribution in [3.63, 3.8) is 0 Å². The summed E-state index contributed by atoms with van der Waals surface area (Å²) in [5.41, 5.74) is 1.49. The molecule has 2 aromatic heterocycles. The second-order valence-electron chi connectivity index (χ2n) is 9.44. The highest BCUT2D eigenvalue weighted by atomic mass is 16.1. The summed E-state index contributed by atoms with van der Waals surface area (Å²) < 4.78 is 1.38. The smallest absolute Gasteiger partial charge is 0.274 e. The van der Waals surface area contributed by atoms with Crippen molar-refractivity contribution in [2.75, 3.05) is 32.7 Å². The molecular formula is C19H30N6O. The van der Waals surface area contributed by atoms with E-state index in [2.05, 4.69) is 45.6 Å². The van der Waals surface area contributed by atoms with Crippen molar-refractivity contribution in [3.8, 4) is 0 Å². The van der Waals surface area contributed by atoms with Crippen LogP contribution in [-0.4, -0.2) is 62.1 Å². The van der Waals surface area contributed by atoms with Gasteiger partial charge in [0, 0.05) is 32.2 Å². The summed E-state index contributed by atoms with van der Waals surface area (Å²) >= 11 is 0. The van der Waals surface area contributed by atoms with E-state index in [1.54, 1.807) is 6.07 Å². The fraction of sp³-hybridized carbons (Fsp3) is 0.737. The third kappa shape index (κ3) is 3.69. The van der Waals surface area contributed by atoms with Crippen LogP contribution in [0.4, 0.5) is 0 Å². The number of H-pyrrole nitrogens is 1. The van der Waals surface area contributed by atoms with Crippen molar-refractivity contribution >= 4 is 5.78 Å². The number of nitrogens with one attached hydrogen (secondary N) is 1. The minimum absolute atomic E-state index is 0.0922. The van der Waals surface area contributed by atoms with Crippen LogP contribution in [0.15, 0.2) is 17.2 Å². The summed E-state index contributed by atoms with van der Waals surface area (Å²) in [7, 11) is 0. The molecule has 2 aliphatic rings. The zero-order valence-electron chi connectivity index (χ0n) is 16.2. The Balaban J connectivity index is 1.43. The van der Waals surface area contributed by atoms with Gasteiger partial charge in [-0.15, -0.1) is 0 Å². The van der Waals surface area contributed by atoms with Gasteiger partial charge >= 0.3 is 0 Å². The van der Waals surface area contributed by atoms with Crippen LogP contribution in [0.1, 0.15) is 45.7 Å². The topological polar surface area (TPSA) is 69.5 Å². The first-order valence-corrected chi connectivity index (χ1v) is 9.69. The molecule has 4 heterocycles. The lowest BCUT2D eigenvalue weighted by Crippen LogP contribution is -2.47. The van der Waals surface area contributed by atoms with Gasteiger partial charge < -0.3 is 4.90 Å². The number of hydrogen-bond acceptors (Lipinski definition) is 5. The molecule has 2 saturated heterocycles. The fourth-order valence-corrected chi connectivity index (χ4v) is 4.79. The molecule has 26 heavy (non-hydrogen) atoms. The molecule has 1 N–H and O–H groups in total. The van der Waals surface area contributed by atoms with Gasteiger partial charge in [0.25, 0.3) is 11.3 Å². The average Bonchev–Trinajstić information content (AvgIpc) is 3.14. The summed E-state index contributed by atoms with van der Waals surface area (Å²) in [6, 6.07) is 1.63. The van der Waals surface area contributed by atoms with E-state index < -0.39 is 0 Å². The molecular weight excluding hydrogens is 328 g/mol. The zero-order valence-corrected chi connectivity index (χ0v) is 16.2. The van der Waals surface area contributed by atoms with Crippen LogP contribution in [-0.2, 0) is 6.54 Å². The van der Waals surface area contributed by atoms with Crippen molar-refractivity contribution in [2.45, 2.75) is 46.6 Å². The minimum Gasteiger partial charge on any atom is -0.302 e. The highest BCUT2D eigenvalue weighted by Crippen LogP contribution is 2.40. The SMILES string of the molecule is CC(C)(C)CN1CCCC2(CCN(Cc3cc(=O)n4[nH]cnc4n3)C2)C1. The molecule has 1 spiro atoms. The van der Waals surface area contributed by atoms with Crippen LogP contribution in [0.2, 0.25) is 0 Å². The van der Waals surface area contributed by atoms with Crippen molar-refractivity contribution < 1.29 is 0 Å². The van der Waals surface area contributed by atoms with Crippen molar-refractivity contribution in [2.24, 2.45) is 10.8 Å². The molecule has 4 rings (SSSR count). The number of aromatic nitrogens is 4. The molecule has 7 heteroatoms. The summed E-state index contributed by atoms with van der Waals surface area (Å²) in [6.45, 7) is 13.5. The third-order valence-electron chi connectivity index (χ3n) is 5.66.